The summed E-state index contributed by atoms with van der Waals surface area (Å²) in [6.07, 6.45) is 0.254. The Balaban J connectivity index is 1.65. The Morgan fingerprint density at radius 3 is 2.44 bits per heavy atom. The van der Waals surface area contributed by atoms with Gasteiger partial charge in [-0.15, -0.1) is 0 Å². The van der Waals surface area contributed by atoms with Gasteiger partial charge < -0.3 is 15.0 Å². The molecule has 0 unspecified atom stereocenters. The Morgan fingerprint density at radius 1 is 1.08 bits per heavy atom. The second-order valence-corrected chi connectivity index (χ2v) is 6.41. The number of nitrogens with zero attached hydrogens (tertiary/aromatic N) is 1. The second kappa shape index (κ2) is 9.84. The second-order valence-electron chi connectivity index (χ2n) is 5.49. The predicted octanol–water partition coefficient (Wildman–Crippen LogP) is 3.11. The van der Waals surface area contributed by atoms with Crippen molar-refractivity contribution >= 4 is 27.7 Å². The normalized spacial score (nSPS) is 10.2. The number of hydrogen-bond acceptors (Lipinski definition) is 3. The quantitative estimate of drug-likeness (QED) is 0.735. The number of rotatable bonds is 8. The summed E-state index contributed by atoms with van der Waals surface area (Å²) in [7, 11) is 1.73. The van der Waals surface area contributed by atoms with Gasteiger partial charge in [0.05, 0.1) is 6.54 Å². The molecule has 5 nitrogen and oxygen atoms in total. The van der Waals surface area contributed by atoms with E-state index in [2.05, 4.69) is 21.2 Å². The number of nitrogens with one attached hydrogen (secondary N) is 1. The maximum Gasteiger partial charge on any atom is 0.251 e. The number of ether oxygens (including phenoxy) is 1. The summed E-state index contributed by atoms with van der Waals surface area (Å²) < 4.78 is 6.48. The third-order valence-corrected chi connectivity index (χ3v) is 4.12. The fraction of sp³-hybridized carbons (Fsp3) is 0.263. The predicted molar refractivity (Wildman–Crippen MR) is 101 cm³/mol. The minimum absolute atomic E-state index is 0.0345. The molecule has 0 aliphatic rings. The van der Waals surface area contributed by atoms with Crippen LogP contribution in [0.15, 0.2) is 59.1 Å². The van der Waals surface area contributed by atoms with Gasteiger partial charge in [0.1, 0.15) is 12.4 Å². The van der Waals surface area contributed by atoms with Crippen LogP contribution in [-0.2, 0) is 4.79 Å². The first-order chi connectivity index (χ1) is 12.1. The van der Waals surface area contributed by atoms with Crippen molar-refractivity contribution in [1.29, 1.82) is 0 Å². The molecule has 6 heteroatoms. The van der Waals surface area contributed by atoms with Gasteiger partial charge in [-0.3, -0.25) is 9.59 Å². The highest BCUT2D eigenvalue weighted by molar-refractivity contribution is 9.10. The molecule has 25 heavy (non-hydrogen) atoms. The van der Waals surface area contributed by atoms with E-state index in [1.807, 2.05) is 30.3 Å². The van der Waals surface area contributed by atoms with E-state index in [0.717, 1.165) is 10.2 Å². The molecule has 1 N–H and O–H groups in total. The fourth-order valence-corrected chi connectivity index (χ4v) is 2.38. The summed E-state index contributed by atoms with van der Waals surface area (Å²) in [5, 5.41) is 2.75. The van der Waals surface area contributed by atoms with Crippen LogP contribution < -0.4 is 10.1 Å². The fourth-order valence-electron chi connectivity index (χ4n) is 2.12. The highest BCUT2D eigenvalue weighted by atomic mass is 79.9. The van der Waals surface area contributed by atoms with Gasteiger partial charge in [-0.2, -0.15) is 0 Å². The number of para-hydroxylation sites is 1. The van der Waals surface area contributed by atoms with E-state index in [9.17, 15) is 9.59 Å². The molecule has 0 heterocycles. The lowest BCUT2D eigenvalue weighted by Gasteiger charge is -2.17. The van der Waals surface area contributed by atoms with Crippen molar-refractivity contribution in [2.75, 3.05) is 26.7 Å². The van der Waals surface area contributed by atoms with Gasteiger partial charge in [0.2, 0.25) is 5.91 Å². The van der Waals surface area contributed by atoms with Gasteiger partial charge in [-0.1, -0.05) is 34.1 Å². The number of amides is 2. The van der Waals surface area contributed by atoms with Crippen molar-refractivity contribution in [2.45, 2.75) is 6.42 Å². The van der Waals surface area contributed by atoms with Crippen LogP contribution in [0.4, 0.5) is 0 Å². The first-order valence-corrected chi connectivity index (χ1v) is 8.81. The number of benzene rings is 2. The lowest BCUT2D eigenvalue weighted by Crippen LogP contribution is -2.34. The number of hydrogen-bond donors (Lipinski definition) is 1. The summed E-state index contributed by atoms with van der Waals surface area (Å²) in [4.78, 5) is 25.6. The molecule has 0 aliphatic carbocycles. The molecule has 0 radical (unpaired) electrons. The Kier molecular flexibility index (Phi) is 7.47. The van der Waals surface area contributed by atoms with E-state index in [4.69, 9.17) is 4.74 Å². The molecule has 2 aromatic carbocycles. The van der Waals surface area contributed by atoms with Crippen LogP contribution >= 0.6 is 15.9 Å². The molecule has 0 fully saturated rings. The molecule has 2 amide bonds. The SMILES string of the molecule is CN(CCOc1ccccc1)C(=O)CCNC(=O)c1ccc(Br)cc1. The lowest BCUT2D eigenvalue weighted by atomic mass is 10.2. The van der Waals surface area contributed by atoms with Crippen molar-refractivity contribution in [1.82, 2.24) is 10.2 Å². The number of carbonyl (C=O) groups excluding carboxylic acids is 2. The summed E-state index contributed by atoms with van der Waals surface area (Å²) >= 11 is 3.33. The third-order valence-electron chi connectivity index (χ3n) is 3.60. The molecule has 0 saturated carbocycles. The minimum atomic E-state index is -0.185. The highest BCUT2D eigenvalue weighted by Crippen LogP contribution is 2.10. The highest BCUT2D eigenvalue weighted by Gasteiger charge is 2.10. The Hall–Kier alpha value is -2.34. The summed E-state index contributed by atoms with van der Waals surface area (Å²) in [5.74, 6) is 0.563. The number of carbonyl (C=O) groups is 2. The van der Waals surface area contributed by atoms with Crippen molar-refractivity contribution in [3.8, 4) is 5.75 Å². The smallest absolute Gasteiger partial charge is 0.251 e. The zero-order valence-electron chi connectivity index (χ0n) is 14.1. The average molecular weight is 405 g/mol. The van der Waals surface area contributed by atoms with Gasteiger partial charge in [-0.05, 0) is 36.4 Å². The standard InChI is InChI=1S/C19H21BrN2O3/c1-22(13-14-25-17-5-3-2-4-6-17)18(23)11-12-21-19(24)15-7-9-16(20)10-8-15/h2-10H,11-14H2,1H3,(H,21,24). The molecule has 132 valence electrons. The topological polar surface area (TPSA) is 58.6 Å². The Labute approximate surface area is 156 Å². The van der Waals surface area contributed by atoms with Crippen molar-refractivity contribution in [3.63, 3.8) is 0 Å². The molecule has 0 bridgehead atoms. The molecule has 0 saturated heterocycles. The van der Waals surface area contributed by atoms with E-state index in [-0.39, 0.29) is 18.2 Å². The van der Waals surface area contributed by atoms with Crippen LogP contribution in [0.1, 0.15) is 16.8 Å². The van der Waals surface area contributed by atoms with E-state index in [0.29, 0.717) is 25.3 Å². The van der Waals surface area contributed by atoms with Gasteiger partial charge in [-0.25, -0.2) is 0 Å². The first-order valence-electron chi connectivity index (χ1n) is 8.02. The zero-order valence-corrected chi connectivity index (χ0v) is 15.7. The maximum atomic E-state index is 12.1. The van der Waals surface area contributed by atoms with E-state index < -0.39 is 0 Å². The molecular formula is C19H21BrN2O3. The monoisotopic (exact) mass is 404 g/mol. The van der Waals surface area contributed by atoms with Gasteiger partial charge >= 0.3 is 0 Å². The molecular weight excluding hydrogens is 384 g/mol. The summed E-state index contributed by atoms with van der Waals surface area (Å²) in [6, 6.07) is 16.5. The molecule has 0 atom stereocenters. The van der Waals surface area contributed by atoms with Crippen molar-refractivity contribution < 1.29 is 14.3 Å². The van der Waals surface area contributed by atoms with Crippen molar-refractivity contribution in [2.24, 2.45) is 0 Å². The van der Waals surface area contributed by atoms with E-state index in [1.165, 1.54) is 0 Å². The van der Waals surface area contributed by atoms with Crippen LogP contribution in [0.2, 0.25) is 0 Å². The third kappa shape index (κ3) is 6.58. The molecule has 0 aromatic heterocycles. The van der Waals surface area contributed by atoms with Gasteiger partial charge in [0.15, 0.2) is 0 Å². The van der Waals surface area contributed by atoms with Crippen LogP contribution in [0.5, 0.6) is 5.75 Å². The van der Waals surface area contributed by atoms with Crippen LogP contribution in [0, 0.1) is 0 Å². The average Bonchev–Trinajstić information content (AvgIpc) is 2.63. The van der Waals surface area contributed by atoms with Crippen molar-refractivity contribution in [3.05, 3.63) is 64.6 Å². The van der Waals surface area contributed by atoms with E-state index in [1.54, 1.807) is 36.2 Å². The van der Waals surface area contributed by atoms with Crippen LogP contribution in [0.25, 0.3) is 0 Å². The zero-order chi connectivity index (χ0) is 18.1. The Morgan fingerprint density at radius 2 is 1.76 bits per heavy atom. The number of likely N-dealkylation sites (N-methyl/N-ethyl adjacent to an activating group) is 1. The Bertz CT molecular complexity index is 690. The summed E-state index contributed by atoms with van der Waals surface area (Å²) in [6.45, 7) is 1.23. The summed E-state index contributed by atoms with van der Waals surface area (Å²) in [5.41, 5.74) is 0.570. The first kappa shape index (κ1) is 19.0. The molecule has 2 aromatic rings. The van der Waals surface area contributed by atoms with Gasteiger partial charge in [0, 0.05) is 30.0 Å². The maximum absolute atomic E-state index is 12.1. The van der Waals surface area contributed by atoms with Crippen LogP contribution in [0.3, 0.4) is 0 Å². The minimum Gasteiger partial charge on any atom is -0.492 e. The molecule has 0 aliphatic heterocycles. The number of halogens is 1. The molecule has 0 spiro atoms. The van der Waals surface area contributed by atoms with Crippen LogP contribution in [-0.4, -0.2) is 43.5 Å². The largest absolute Gasteiger partial charge is 0.492 e. The van der Waals surface area contributed by atoms with E-state index >= 15 is 0 Å². The molecule has 2 rings (SSSR count). The van der Waals surface area contributed by atoms with Gasteiger partial charge in [0.25, 0.3) is 5.91 Å². The lowest BCUT2D eigenvalue weighted by molar-refractivity contribution is -0.130.